The Bertz CT molecular complexity index is 979. The molecule has 1 aliphatic rings. The second-order valence-electron chi connectivity index (χ2n) is 7.15. The molecule has 1 aliphatic carbocycles. The number of hydrogen-bond donors (Lipinski definition) is 0. The summed E-state index contributed by atoms with van der Waals surface area (Å²) in [6, 6.07) is 30.2. The Morgan fingerprint density at radius 1 is 0.714 bits per heavy atom. The van der Waals surface area contributed by atoms with Crippen molar-refractivity contribution in [3.63, 3.8) is 0 Å². The third-order valence-corrected chi connectivity index (χ3v) is 5.07. The van der Waals surface area contributed by atoms with Crippen molar-refractivity contribution in [1.82, 2.24) is 0 Å². The third-order valence-electron chi connectivity index (χ3n) is 5.07. The van der Waals surface area contributed by atoms with E-state index in [1.807, 2.05) is 6.07 Å². The molecule has 1 heteroatoms. The first kappa shape index (κ1) is 18.1. The van der Waals surface area contributed by atoms with Gasteiger partial charge in [0, 0.05) is 11.4 Å². The zero-order valence-electron chi connectivity index (χ0n) is 16.2. The van der Waals surface area contributed by atoms with Gasteiger partial charge in [-0.2, -0.15) is 0 Å². The SMILES string of the molecule is CC1=CCC(N(c2ccccc2)c2ccc(/C=C/c3ccccc3)cc2)C=C1. The third kappa shape index (κ3) is 4.32. The molecule has 0 aromatic heterocycles. The van der Waals surface area contributed by atoms with Gasteiger partial charge in [-0.15, -0.1) is 0 Å². The average molecular weight is 364 g/mol. The molecular formula is C27H25N. The van der Waals surface area contributed by atoms with E-state index < -0.39 is 0 Å². The molecule has 0 heterocycles. The molecule has 1 nitrogen and oxygen atoms in total. The van der Waals surface area contributed by atoms with Crippen LogP contribution < -0.4 is 4.90 Å². The van der Waals surface area contributed by atoms with Crippen molar-refractivity contribution in [2.45, 2.75) is 19.4 Å². The normalized spacial score (nSPS) is 16.2. The molecule has 138 valence electrons. The van der Waals surface area contributed by atoms with Crippen molar-refractivity contribution in [1.29, 1.82) is 0 Å². The Hall–Kier alpha value is -3.32. The highest BCUT2D eigenvalue weighted by Gasteiger charge is 2.19. The van der Waals surface area contributed by atoms with Crippen LogP contribution in [-0.2, 0) is 0 Å². The Morgan fingerprint density at radius 3 is 1.89 bits per heavy atom. The van der Waals surface area contributed by atoms with Crippen LogP contribution in [0.3, 0.4) is 0 Å². The highest BCUT2D eigenvalue weighted by atomic mass is 15.2. The van der Waals surface area contributed by atoms with E-state index in [1.54, 1.807) is 0 Å². The van der Waals surface area contributed by atoms with Crippen LogP contribution in [0.1, 0.15) is 24.5 Å². The topological polar surface area (TPSA) is 3.24 Å². The van der Waals surface area contributed by atoms with E-state index in [4.69, 9.17) is 0 Å². The number of para-hydroxylation sites is 1. The molecule has 0 N–H and O–H groups in total. The van der Waals surface area contributed by atoms with Gasteiger partial charge in [0.15, 0.2) is 0 Å². The van der Waals surface area contributed by atoms with Crippen molar-refractivity contribution in [3.8, 4) is 0 Å². The van der Waals surface area contributed by atoms with Crippen LogP contribution in [0.5, 0.6) is 0 Å². The van der Waals surface area contributed by atoms with E-state index >= 15 is 0 Å². The number of allylic oxidation sites excluding steroid dienone is 2. The Morgan fingerprint density at radius 2 is 1.29 bits per heavy atom. The second kappa shape index (κ2) is 8.58. The van der Waals surface area contributed by atoms with Crippen molar-refractivity contribution >= 4 is 23.5 Å². The summed E-state index contributed by atoms with van der Waals surface area (Å²) in [7, 11) is 0. The summed E-state index contributed by atoms with van der Waals surface area (Å²) in [4.78, 5) is 2.42. The van der Waals surface area contributed by atoms with Crippen molar-refractivity contribution < 1.29 is 0 Å². The van der Waals surface area contributed by atoms with E-state index in [0.717, 1.165) is 6.42 Å². The van der Waals surface area contributed by atoms with Gasteiger partial charge in [0.05, 0.1) is 6.04 Å². The molecule has 3 aromatic rings. The number of rotatable bonds is 5. The van der Waals surface area contributed by atoms with E-state index in [1.165, 1.54) is 28.1 Å². The number of hydrogen-bond acceptors (Lipinski definition) is 1. The van der Waals surface area contributed by atoms with Gasteiger partial charge in [0.25, 0.3) is 0 Å². The Labute approximate surface area is 168 Å². The molecule has 0 spiro atoms. The maximum absolute atomic E-state index is 2.42. The number of nitrogens with zero attached hydrogens (tertiary/aromatic N) is 1. The summed E-state index contributed by atoms with van der Waals surface area (Å²) in [5.74, 6) is 0. The minimum absolute atomic E-state index is 0.330. The highest BCUT2D eigenvalue weighted by molar-refractivity contribution is 5.72. The fraction of sp³-hybridized carbons (Fsp3) is 0.111. The largest absolute Gasteiger partial charge is 0.334 e. The molecule has 28 heavy (non-hydrogen) atoms. The lowest BCUT2D eigenvalue weighted by molar-refractivity contribution is 0.779. The first-order valence-electron chi connectivity index (χ1n) is 9.82. The van der Waals surface area contributed by atoms with Gasteiger partial charge in [-0.05, 0) is 48.7 Å². The van der Waals surface area contributed by atoms with Gasteiger partial charge < -0.3 is 4.90 Å². The minimum atomic E-state index is 0.330. The monoisotopic (exact) mass is 363 g/mol. The van der Waals surface area contributed by atoms with Crippen molar-refractivity contribution in [3.05, 3.63) is 120 Å². The molecule has 0 saturated heterocycles. The van der Waals surface area contributed by atoms with Crippen LogP contribution in [-0.4, -0.2) is 6.04 Å². The highest BCUT2D eigenvalue weighted by Crippen LogP contribution is 2.31. The van der Waals surface area contributed by atoms with E-state index in [2.05, 4.69) is 121 Å². The molecule has 3 aromatic carbocycles. The van der Waals surface area contributed by atoms with Gasteiger partial charge in [-0.25, -0.2) is 0 Å². The lowest BCUT2D eigenvalue weighted by atomic mass is 10.0. The molecule has 0 saturated carbocycles. The van der Waals surface area contributed by atoms with Crippen molar-refractivity contribution in [2.75, 3.05) is 4.90 Å². The summed E-state index contributed by atoms with van der Waals surface area (Å²) in [5, 5.41) is 0. The quantitative estimate of drug-likeness (QED) is 0.431. The summed E-state index contributed by atoms with van der Waals surface area (Å²) in [5.41, 5.74) is 6.19. The molecular weight excluding hydrogens is 338 g/mol. The lowest BCUT2D eigenvalue weighted by Crippen LogP contribution is -2.30. The first-order valence-corrected chi connectivity index (χ1v) is 9.82. The molecule has 0 amide bonds. The standard InChI is InChI=1S/C27H25N/c1-22-12-18-26(19-13-22)28(25-10-6-3-7-11-25)27-20-16-24(17-21-27)15-14-23-8-4-2-5-9-23/h2-18,20-21,26H,19H2,1H3/b15-14+. The van der Waals surface area contributed by atoms with Crippen molar-refractivity contribution in [2.24, 2.45) is 0 Å². The maximum Gasteiger partial charge on any atom is 0.0560 e. The van der Waals surface area contributed by atoms with Crippen LogP contribution in [0.25, 0.3) is 12.2 Å². The summed E-state index contributed by atoms with van der Waals surface area (Å²) < 4.78 is 0. The molecule has 0 fully saturated rings. The molecule has 0 radical (unpaired) electrons. The molecule has 0 aliphatic heterocycles. The zero-order valence-corrected chi connectivity index (χ0v) is 16.2. The maximum atomic E-state index is 2.42. The summed E-state index contributed by atoms with van der Waals surface area (Å²) in [6.07, 6.45) is 12.2. The van der Waals surface area contributed by atoms with Gasteiger partial charge in [0.1, 0.15) is 0 Å². The number of benzene rings is 3. The molecule has 4 rings (SSSR count). The fourth-order valence-electron chi connectivity index (χ4n) is 3.53. The van der Waals surface area contributed by atoms with Crippen LogP contribution in [0.2, 0.25) is 0 Å². The van der Waals surface area contributed by atoms with E-state index in [9.17, 15) is 0 Å². The number of anilines is 2. The average Bonchev–Trinajstić information content (AvgIpc) is 2.76. The minimum Gasteiger partial charge on any atom is -0.334 e. The van der Waals surface area contributed by atoms with Crippen LogP contribution >= 0.6 is 0 Å². The van der Waals surface area contributed by atoms with Gasteiger partial charge in [0.2, 0.25) is 0 Å². The first-order chi connectivity index (χ1) is 13.8. The Balaban J connectivity index is 1.60. The van der Waals surface area contributed by atoms with Gasteiger partial charge >= 0.3 is 0 Å². The second-order valence-corrected chi connectivity index (χ2v) is 7.15. The Kier molecular flexibility index (Phi) is 5.53. The van der Waals surface area contributed by atoms with Crippen LogP contribution in [0, 0.1) is 0 Å². The van der Waals surface area contributed by atoms with Crippen LogP contribution in [0.4, 0.5) is 11.4 Å². The molecule has 1 unspecified atom stereocenters. The van der Waals surface area contributed by atoms with Gasteiger partial charge in [-0.1, -0.05) is 96.6 Å². The fourth-order valence-corrected chi connectivity index (χ4v) is 3.53. The molecule has 0 bridgehead atoms. The van der Waals surface area contributed by atoms with E-state index in [-0.39, 0.29) is 0 Å². The predicted molar refractivity (Wildman–Crippen MR) is 122 cm³/mol. The smallest absolute Gasteiger partial charge is 0.0560 e. The molecule has 1 atom stereocenters. The summed E-state index contributed by atoms with van der Waals surface area (Å²) >= 11 is 0. The van der Waals surface area contributed by atoms with E-state index in [0.29, 0.717) is 6.04 Å². The zero-order chi connectivity index (χ0) is 19.2. The lowest BCUT2D eigenvalue weighted by Gasteiger charge is -2.33. The summed E-state index contributed by atoms with van der Waals surface area (Å²) in [6.45, 7) is 2.16. The van der Waals surface area contributed by atoms with Crippen LogP contribution in [0.15, 0.2) is 109 Å². The van der Waals surface area contributed by atoms with Gasteiger partial charge in [-0.3, -0.25) is 0 Å². The predicted octanol–water partition coefficient (Wildman–Crippen LogP) is 7.27.